The molecule has 1 aliphatic rings. The molecule has 0 spiro atoms. The number of rotatable bonds is 5. The van der Waals surface area contributed by atoms with Gasteiger partial charge in [0.1, 0.15) is 6.04 Å². The molecule has 1 N–H and O–H groups in total. The Hall–Kier alpha value is -2.82. The van der Waals surface area contributed by atoms with Crippen LogP contribution in [0.4, 0.5) is 11.4 Å². The van der Waals surface area contributed by atoms with Crippen molar-refractivity contribution in [2.45, 2.75) is 19.0 Å². The molecular weight excluding hydrogens is 302 g/mol. The van der Waals surface area contributed by atoms with Crippen LogP contribution >= 0.6 is 0 Å². The normalized spacial score (nSPS) is 17.2. The summed E-state index contributed by atoms with van der Waals surface area (Å²) < 4.78 is 0. The van der Waals surface area contributed by atoms with E-state index in [1.165, 1.54) is 4.90 Å². The van der Waals surface area contributed by atoms with Crippen LogP contribution in [0.25, 0.3) is 0 Å². The van der Waals surface area contributed by atoms with E-state index in [9.17, 15) is 9.59 Å². The van der Waals surface area contributed by atoms with Crippen molar-refractivity contribution in [2.24, 2.45) is 0 Å². The third-order valence-electron chi connectivity index (χ3n) is 4.15. The second-order valence-electron chi connectivity index (χ2n) is 6.15. The molecule has 5 nitrogen and oxygen atoms in total. The first kappa shape index (κ1) is 16.1. The molecular formula is C19H21N3O2. The smallest absolute Gasteiger partial charge is 0.252 e. The topological polar surface area (TPSA) is 52.7 Å². The van der Waals surface area contributed by atoms with Crippen molar-refractivity contribution >= 4 is 23.2 Å². The molecule has 124 valence electrons. The average Bonchev–Trinajstić information content (AvgIpc) is 2.84. The molecule has 0 saturated carbocycles. The predicted molar refractivity (Wildman–Crippen MR) is 94.8 cm³/mol. The predicted octanol–water partition coefficient (Wildman–Crippen LogP) is 2.49. The number of carbonyl (C=O) groups is 2. The van der Waals surface area contributed by atoms with Crippen LogP contribution in [-0.4, -0.2) is 36.9 Å². The van der Waals surface area contributed by atoms with Crippen molar-refractivity contribution < 1.29 is 9.59 Å². The van der Waals surface area contributed by atoms with E-state index in [1.54, 1.807) is 0 Å². The van der Waals surface area contributed by atoms with E-state index in [0.29, 0.717) is 6.54 Å². The van der Waals surface area contributed by atoms with E-state index in [0.717, 1.165) is 16.9 Å². The maximum absolute atomic E-state index is 12.5. The molecule has 1 heterocycles. The highest BCUT2D eigenvalue weighted by Crippen LogP contribution is 2.22. The maximum atomic E-state index is 12.5. The number of nitrogens with one attached hydrogen (secondary N) is 1. The monoisotopic (exact) mass is 323 g/mol. The lowest BCUT2D eigenvalue weighted by atomic mass is 10.2. The van der Waals surface area contributed by atoms with Gasteiger partial charge in [-0.1, -0.05) is 30.3 Å². The molecule has 3 rings (SSSR count). The van der Waals surface area contributed by atoms with Gasteiger partial charge in [0, 0.05) is 25.5 Å². The molecule has 0 unspecified atom stereocenters. The van der Waals surface area contributed by atoms with Gasteiger partial charge < -0.3 is 10.2 Å². The molecule has 2 aromatic carbocycles. The fourth-order valence-corrected chi connectivity index (χ4v) is 2.78. The number of hydrogen-bond donors (Lipinski definition) is 1. The van der Waals surface area contributed by atoms with Crippen LogP contribution in [0.5, 0.6) is 0 Å². The Balaban J connectivity index is 1.67. The molecule has 2 aromatic rings. The lowest BCUT2D eigenvalue weighted by Crippen LogP contribution is -2.34. The Morgan fingerprint density at radius 2 is 1.71 bits per heavy atom. The van der Waals surface area contributed by atoms with Gasteiger partial charge in [0.15, 0.2) is 0 Å². The number of anilines is 2. The minimum Gasteiger partial charge on any atom is -0.378 e. The van der Waals surface area contributed by atoms with Crippen LogP contribution in [0.2, 0.25) is 0 Å². The van der Waals surface area contributed by atoms with Gasteiger partial charge in [-0.05, 0) is 29.8 Å². The second-order valence-corrected chi connectivity index (χ2v) is 6.15. The third kappa shape index (κ3) is 3.40. The highest BCUT2D eigenvalue weighted by molar-refractivity contribution is 6.06. The number of nitrogens with zero attached hydrogens (tertiary/aromatic N) is 2. The van der Waals surface area contributed by atoms with Gasteiger partial charge in [-0.15, -0.1) is 0 Å². The van der Waals surface area contributed by atoms with Crippen molar-refractivity contribution in [1.29, 1.82) is 0 Å². The molecule has 1 saturated heterocycles. The first-order valence-electron chi connectivity index (χ1n) is 7.96. The summed E-state index contributed by atoms with van der Waals surface area (Å²) in [5, 5.41) is 3.17. The Bertz CT molecular complexity index is 726. The molecule has 0 bridgehead atoms. The number of carbonyl (C=O) groups excluding carboxylic acids is 2. The second kappa shape index (κ2) is 6.74. The first-order valence-corrected chi connectivity index (χ1v) is 7.96. The summed E-state index contributed by atoms with van der Waals surface area (Å²) in [5.74, 6) is -0.299. The van der Waals surface area contributed by atoms with Crippen LogP contribution in [0.1, 0.15) is 12.0 Å². The molecule has 0 radical (unpaired) electrons. The van der Waals surface area contributed by atoms with E-state index in [4.69, 9.17) is 0 Å². The van der Waals surface area contributed by atoms with E-state index < -0.39 is 6.04 Å². The van der Waals surface area contributed by atoms with Crippen LogP contribution < -0.4 is 10.2 Å². The lowest BCUT2D eigenvalue weighted by molar-refractivity contribution is -0.139. The van der Waals surface area contributed by atoms with E-state index >= 15 is 0 Å². The molecule has 1 atom stereocenters. The fourth-order valence-electron chi connectivity index (χ4n) is 2.78. The van der Waals surface area contributed by atoms with Crippen molar-refractivity contribution in [2.75, 3.05) is 24.3 Å². The van der Waals surface area contributed by atoms with Gasteiger partial charge in [-0.25, -0.2) is 0 Å². The molecule has 5 heteroatoms. The van der Waals surface area contributed by atoms with Crippen LogP contribution in [-0.2, 0) is 16.1 Å². The zero-order valence-corrected chi connectivity index (χ0v) is 13.9. The fraction of sp³-hybridized carbons (Fsp3) is 0.263. The van der Waals surface area contributed by atoms with Gasteiger partial charge in [0.05, 0.1) is 13.0 Å². The average molecular weight is 323 g/mol. The number of hydrogen-bond acceptors (Lipinski definition) is 4. The van der Waals surface area contributed by atoms with Crippen LogP contribution in [0.15, 0.2) is 54.6 Å². The Morgan fingerprint density at radius 3 is 2.33 bits per heavy atom. The van der Waals surface area contributed by atoms with Crippen molar-refractivity contribution in [1.82, 2.24) is 4.90 Å². The highest BCUT2D eigenvalue weighted by atomic mass is 16.2. The summed E-state index contributed by atoms with van der Waals surface area (Å²) in [6.45, 7) is 0.330. The molecule has 0 aliphatic carbocycles. The Morgan fingerprint density at radius 1 is 1.04 bits per heavy atom. The Kier molecular flexibility index (Phi) is 4.51. The summed E-state index contributed by atoms with van der Waals surface area (Å²) >= 11 is 0. The zero-order chi connectivity index (χ0) is 17.1. The molecule has 2 amide bonds. The zero-order valence-electron chi connectivity index (χ0n) is 13.9. The number of likely N-dealkylation sites (tertiary alicyclic amines) is 1. The van der Waals surface area contributed by atoms with Gasteiger partial charge >= 0.3 is 0 Å². The quantitative estimate of drug-likeness (QED) is 0.859. The number of imide groups is 1. The van der Waals surface area contributed by atoms with Crippen molar-refractivity contribution in [3.05, 3.63) is 60.2 Å². The van der Waals surface area contributed by atoms with Gasteiger partial charge in [-0.3, -0.25) is 14.5 Å². The maximum Gasteiger partial charge on any atom is 0.252 e. The molecule has 24 heavy (non-hydrogen) atoms. The van der Waals surface area contributed by atoms with E-state index in [1.807, 2.05) is 73.6 Å². The lowest BCUT2D eigenvalue weighted by Gasteiger charge is -2.17. The van der Waals surface area contributed by atoms with Crippen molar-refractivity contribution in [3.63, 3.8) is 0 Å². The Labute approximate surface area is 141 Å². The number of amides is 2. The number of benzene rings is 2. The summed E-state index contributed by atoms with van der Waals surface area (Å²) in [4.78, 5) is 28.1. The van der Waals surface area contributed by atoms with Gasteiger partial charge in [-0.2, -0.15) is 0 Å². The molecule has 1 aliphatic heterocycles. The summed E-state index contributed by atoms with van der Waals surface area (Å²) in [7, 11) is 3.95. The third-order valence-corrected chi connectivity index (χ3v) is 4.15. The minimum atomic E-state index is -0.494. The summed E-state index contributed by atoms with van der Waals surface area (Å²) in [6.07, 6.45) is 0.196. The van der Waals surface area contributed by atoms with E-state index in [2.05, 4.69) is 5.32 Å². The molecule has 0 aromatic heterocycles. The molecule has 1 fully saturated rings. The largest absolute Gasteiger partial charge is 0.378 e. The van der Waals surface area contributed by atoms with Gasteiger partial charge in [0.2, 0.25) is 5.91 Å². The minimum absolute atomic E-state index is 0.133. The van der Waals surface area contributed by atoms with Gasteiger partial charge in [0.25, 0.3) is 5.91 Å². The summed E-state index contributed by atoms with van der Waals surface area (Å²) in [6, 6.07) is 16.9. The summed E-state index contributed by atoms with van der Waals surface area (Å²) in [5.41, 5.74) is 2.88. The van der Waals surface area contributed by atoms with Crippen LogP contribution in [0, 0.1) is 0 Å². The first-order chi connectivity index (χ1) is 11.5. The van der Waals surface area contributed by atoms with Crippen LogP contribution in [0.3, 0.4) is 0 Å². The van der Waals surface area contributed by atoms with Crippen molar-refractivity contribution in [3.8, 4) is 0 Å². The standard InChI is InChI=1S/C19H21N3O2/c1-21(2)16-10-8-15(9-11-16)20-17-12-18(23)22(19(17)24)13-14-6-4-3-5-7-14/h3-11,17,20H,12-13H2,1-2H3/t17-/m0/s1. The van der Waals surface area contributed by atoms with E-state index in [-0.39, 0.29) is 18.2 Å². The highest BCUT2D eigenvalue weighted by Gasteiger charge is 2.38. The SMILES string of the molecule is CN(C)c1ccc(N[C@H]2CC(=O)N(Cc3ccccc3)C2=O)cc1.